The van der Waals surface area contributed by atoms with Gasteiger partial charge in [-0.15, -0.1) is 0 Å². The fourth-order valence-electron chi connectivity index (χ4n) is 2.50. The van der Waals surface area contributed by atoms with E-state index in [0.29, 0.717) is 18.4 Å². The summed E-state index contributed by atoms with van der Waals surface area (Å²) in [5.74, 6) is -1.22. The summed E-state index contributed by atoms with van der Waals surface area (Å²) in [6.45, 7) is 1.90. The van der Waals surface area contributed by atoms with Crippen molar-refractivity contribution < 1.29 is 14.7 Å². The minimum absolute atomic E-state index is 0.131. The number of aliphatic carboxylic acids is 1. The van der Waals surface area contributed by atoms with E-state index in [4.69, 9.17) is 0 Å². The van der Waals surface area contributed by atoms with Crippen molar-refractivity contribution in [2.45, 2.75) is 38.6 Å². The van der Waals surface area contributed by atoms with Gasteiger partial charge in [-0.05, 0) is 38.2 Å². The zero-order valence-electron chi connectivity index (χ0n) is 11.6. The molecule has 1 aromatic carbocycles. The van der Waals surface area contributed by atoms with Crippen LogP contribution >= 0.6 is 0 Å². The highest BCUT2D eigenvalue weighted by molar-refractivity contribution is 6.02. The number of nitrogens with one attached hydrogen (secondary N) is 1. The summed E-state index contributed by atoms with van der Waals surface area (Å²) < 4.78 is 0. The van der Waals surface area contributed by atoms with Crippen molar-refractivity contribution >= 4 is 11.9 Å². The van der Waals surface area contributed by atoms with Gasteiger partial charge in [0.15, 0.2) is 0 Å². The normalized spacial score (nSPS) is 16.6. The molecule has 2 rings (SSSR count). The van der Waals surface area contributed by atoms with E-state index in [0.717, 1.165) is 18.4 Å². The van der Waals surface area contributed by atoms with Crippen molar-refractivity contribution in [2.24, 2.45) is 0 Å². The first-order valence-corrected chi connectivity index (χ1v) is 6.90. The van der Waals surface area contributed by atoms with Crippen LogP contribution in [-0.4, -0.2) is 17.0 Å². The predicted molar refractivity (Wildman–Crippen MR) is 76.1 cm³/mol. The minimum atomic E-state index is -0.970. The Kier molecular flexibility index (Phi) is 4.56. The molecule has 0 radical (unpaired) electrons. The van der Waals surface area contributed by atoms with Crippen LogP contribution in [0.3, 0.4) is 0 Å². The molecule has 0 aromatic heterocycles. The number of carboxylic acid groups (broad SMARTS) is 1. The highest BCUT2D eigenvalue weighted by Crippen LogP contribution is 2.25. The first kappa shape index (κ1) is 14.3. The third-order valence-corrected chi connectivity index (χ3v) is 3.65. The van der Waals surface area contributed by atoms with Crippen molar-refractivity contribution in [1.82, 2.24) is 5.32 Å². The van der Waals surface area contributed by atoms with Gasteiger partial charge in [0.1, 0.15) is 0 Å². The highest BCUT2D eigenvalue weighted by atomic mass is 16.4. The maximum atomic E-state index is 12.3. The monoisotopic (exact) mass is 273 g/mol. The van der Waals surface area contributed by atoms with Gasteiger partial charge in [-0.2, -0.15) is 0 Å². The molecule has 0 unspecified atom stereocenters. The largest absolute Gasteiger partial charge is 0.478 e. The zero-order chi connectivity index (χ0) is 14.5. The topological polar surface area (TPSA) is 66.4 Å². The lowest BCUT2D eigenvalue weighted by atomic mass is 9.91. The van der Waals surface area contributed by atoms with E-state index in [1.807, 2.05) is 37.3 Å². The standard InChI is InChI=1S/C16H19NO3/c1-11(12-7-3-2-4-8-12)17-15(18)13-9-5-6-10-14(13)16(19)20/h2-4,7-8,11H,5-6,9-10H2,1H3,(H,17,18)(H,19,20)/t11-/m1/s1. The molecular weight excluding hydrogens is 254 g/mol. The Labute approximate surface area is 118 Å². The molecule has 1 aliphatic rings. The molecule has 0 fully saturated rings. The lowest BCUT2D eigenvalue weighted by Crippen LogP contribution is -2.30. The van der Waals surface area contributed by atoms with Gasteiger partial charge in [0.2, 0.25) is 5.91 Å². The van der Waals surface area contributed by atoms with Crippen LogP contribution < -0.4 is 5.32 Å². The Balaban J connectivity index is 2.13. The molecule has 0 spiro atoms. The highest BCUT2D eigenvalue weighted by Gasteiger charge is 2.24. The van der Waals surface area contributed by atoms with Crippen LogP contribution in [0, 0.1) is 0 Å². The number of hydrogen-bond donors (Lipinski definition) is 2. The fraction of sp³-hybridized carbons (Fsp3) is 0.375. The van der Waals surface area contributed by atoms with Gasteiger partial charge in [0, 0.05) is 11.1 Å². The number of rotatable bonds is 4. The average Bonchev–Trinajstić information content (AvgIpc) is 2.48. The van der Waals surface area contributed by atoms with E-state index >= 15 is 0 Å². The Hall–Kier alpha value is -2.10. The number of hydrogen-bond acceptors (Lipinski definition) is 2. The summed E-state index contributed by atoms with van der Waals surface area (Å²) in [6, 6.07) is 9.51. The Morgan fingerprint density at radius 3 is 2.30 bits per heavy atom. The molecule has 2 N–H and O–H groups in total. The molecule has 106 valence electrons. The van der Waals surface area contributed by atoms with Crippen LogP contribution in [0.4, 0.5) is 0 Å². The molecular formula is C16H19NO3. The van der Waals surface area contributed by atoms with Gasteiger partial charge < -0.3 is 10.4 Å². The maximum absolute atomic E-state index is 12.3. The van der Waals surface area contributed by atoms with Crippen LogP contribution in [0.15, 0.2) is 41.5 Å². The summed E-state index contributed by atoms with van der Waals surface area (Å²) in [7, 11) is 0. The second-order valence-electron chi connectivity index (χ2n) is 5.08. The molecule has 4 heteroatoms. The van der Waals surface area contributed by atoms with Gasteiger partial charge in [-0.1, -0.05) is 30.3 Å². The number of benzene rings is 1. The SMILES string of the molecule is C[C@@H](NC(=O)C1=C(C(=O)O)CCCC1)c1ccccc1. The lowest BCUT2D eigenvalue weighted by Gasteiger charge is -2.20. The van der Waals surface area contributed by atoms with Crippen molar-refractivity contribution in [3.63, 3.8) is 0 Å². The molecule has 0 saturated carbocycles. The van der Waals surface area contributed by atoms with E-state index < -0.39 is 5.97 Å². The van der Waals surface area contributed by atoms with Crippen molar-refractivity contribution in [2.75, 3.05) is 0 Å². The Morgan fingerprint density at radius 1 is 1.10 bits per heavy atom. The van der Waals surface area contributed by atoms with Crippen LogP contribution in [0.5, 0.6) is 0 Å². The number of carbonyl (C=O) groups is 2. The summed E-state index contributed by atoms with van der Waals surface area (Å²) in [5.41, 5.74) is 1.72. The van der Waals surface area contributed by atoms with Crippen molar-refractivity contribution in [3.05, 3.63) is 47.0 Å². The number of amides is 1. The number of carbonyl (C=O) groups excluding carboxylic acids is 1. The minimum Gasteiger partial charge on any atom is -0.478 e. The lowest BCUT2D eigenvalue weighted by molar-refractivity contribution is -0.133. The summed E-state index contributed by atoms with van der Waals surface area (Å²) in [5, 5.41) is 12.1. The summed E-state index contributed by atoms with van der Waals surface area (Å²) in [4.78, 5) is 23.5. The molecule has 0 heterocycles. The molecule has 0 saturated heterocycles. The van der Waals surface area contributed by atoms with E-state index in [9.17, 15) is 14.7 Å². The molecule has 1 amide bonds. The first-order chi connectivity index (χ1) is 9.59. The molecule has 1 atom stereocenters. The molecule has 1 aliphatic carbocycles. The average molecular weight is 273 g/mol. The van der Waals surface area contributed by atoms with Crippen LogP contribution in [0.1, 0.15) is 44.2 Å². The second-order valence-corrected chi connectivity index (χ2v) is 5.08. The predicted octanol–water partition coefficient (Wildman–Crippen LogP) is 2.82. The van der Waals surface area contributed by atoms with E-state index in [1.165, 1.54) is 0 Å². The summed E-state index contributed by atoms with van der Waals surface area (Å²) >= 11 is 0. The van der Waals surface area contributed by atoms with Gasteiger partial charge in [-0.25, -0.2) is 4.79 Å². The first-order valence-electron chi connectivity index (χ1n) is 6.90. The van der Waals surface area contributed by atoms with Crippen LogP contribution in [0.2, 0.25) is 0 Å². The van der Waals surface area contributed by atoms with E-state index in [1.54, 1.807) is 0 Å². The third kappa shape index (κ3) is 3.26. The Bertz CT molecular complexity index is 534. The van der Waals surface area contributed by atoms with Crippen molar-refractivity contribution in [1.29, 1.82) is 0 Å². The summed E-state index contributed by atoms with van der Waals surface area (Å²) in [6.07, 6.45) is 2.75. The van der Waals surface area contributed by atoms with E-state index in [2.05, 4.69) is 5.32 Å². The molecule has 1 aromatic rings. The smallest absolute Gasteiger partial charge is 0.332 e. The third-order valence-electron chi connectivity index (χ3n) is 3.65. The van der Waals surface area contributed by atoms with Gasteiger partial charge in [-0.3, -0.25) is 4.79 Å². The Morgan fingerprint density at radius 2 is 1.70 bits per heavy atom. The van der Waals surface area contributed by atoms with Gasteiger partial charge >= 0.3 is 5.97 Å². The quantitative estimate of drug-likeness (QED) is 0.886. The van der Waals surface area contributed by atoms with Gasteiger partial charge in [0.25, 0.3) is 0 Å². The van der Waals surface area contributed by atoms with Crippen LogP contribution in [0.25, 0.3) is 0 Å². The maximum Gasteiger partial charge on any atom is 0.332 e. The zero-order valence-corrected chi connectivity index (χ0v) is 11.6. The van der Waals surface area contributed by atoms with Crippen LogP contribution in [-0.2, 0) is 9.59 Å². The van der Waals surface area contributed by atoms with Crippen molar-refractivity contribution in [3.8, 4) is 0 Å². The van der Waals surface area contributed by atoms with Gasteiger partial charge in [0.05, 0.1) is 6.04 Å². The van der Waals surface area contributed by atoms with E-state index in [-0.39, 0.29) is 17.5 Å². The molecule has 20 heavy (non-hydrogen) atoms. The molecule has 0 bridgehead atoms. The molecule has 4 nitrogen and oxygen atoms in total. The number of carboxylic acids is 1. The fourth-order valence-corrected chi connectivity index (χ4v) is 2.50. The second kappa shape index (κ2) is 6.37. The molecule has 0 aliphatic heterocycles.